The lowest BCUT2D eigenvalue weighted by atomic mass is 10.1. The van der Waals surface area contributed by atoms with Gasteiger partial charge in [0, 0.05) is 11.6 Å². The summed E-state index contributed by atoms with van der Waals surface area (Å²) in [5, 5.41) is 0.374. The topological polar surface area (TPSA) is 77.8 Å². The minimum Gasteiger partial charge on any atom is -0.384 e. The summed E-state index contributed by atoms with van der Waals surface area (Å²) in [5.74, 6) is -0.173. The Morgan fingerprint density at radius 3 is 2.56 bits per heavy atom. The SMILES string of the molecule is Nc1cc(-c2cc(F)ccc2Cl)nc(N)n1. The van der Waals surface area contributed by atoms with E-state index in [1.807, 2.05) is 0 Å². The zero-order valence-corrected chi connectivity index (χ0v) is 8.87. The van der Waals surface area contributed by atoms with Crippen LogP contribution in [0.1, 0.15) is 0 Å². The monoisotopic (exact) mass is 238 g/mol. The van der Waals surface area contributed by atoms with Crippen LogP contribution in [0, 0.1) is 5.82 Å². The molecule has 6 heteroatoms. The van der Waals surface area contributed by atoms with Crippen LogP contribution < -0.4 is 11.5 Å². The largest absolute Gasteiger partial charge is 0.384 e. The molecule has 0 spiro atoms. The maximum atomic E-state index is 13.1. The van der Waals surface area contributed by atoms with Crippen molar-refractivity contribution in [3.63, 3.8) is 0 Å². The zero-order valence-electron chi connectivity index (χ0n) is 8.11. The summed E-state index contributed by atoms with van der Waals surface area (Å²) < 4.78 is 13.1. The lowest BCUT2D eigenvalue weighted by Crippen LogP contribution is -2.00. The van der Waals surface area contributed by atoms with E-state index >= 15 is 0 Å². The predicted octanol–water partition coefficient (Wildman–Crippen LogP) is 2.10. The van der Waals surface area contributed by atoms with Crippen molar-refractivity contribution < 1.29 is 4.39 Å². The van der Waals surface area contributed by atoms with Crippen molar-refractivity contribution in [1.29, 1.82) is 0 Å². The van der Waals surface area contributed by atoms with Gasteiger partial charge in [-0.25, -0.2) is 9.37 Å². The predicted molar refractivity (Wildman–Crippen MR) is 61.3 cm³/mol. The fourth-order valence-electron chi connectivity index (χ4n) is 1.32. The molecule has 0 fully saturated rings. The molecule has 2 rings (SSSR count). The van der Waals surface area contributed by atoms with E-state index in [1.165, 1.54) is 24.3 Å². The van der Waals surface area contributed by atoms with Gasteiger partial charge in [-0.2, -0.15) is 4.98 Å². The van der Waals surface area contributed by atoms with Crippen molar-refractivity contribution in [2.24, 2.45) is 0 Å². The smallest absolute Gasteiger partial charge is 0.222 e. The van der Waals surface area contributed by atoms with Crippen molar-refractivity contribution in [3.05, 3.63) is 35.1 Å². The van der Waals surface area contributed by atoms with E-state index in [1.54, 1.807) is 0 Å². The van der Waals surface area contributed by atoms with Crippen LogP contribution in [0.4, 0.5) is 16.2 Å². The molecule has 0 aliphatic carbocycles. The summed E-state index contributed by atoms with van der Waals surface area (Å²) in [5.41, 5.74) is 11.8. The Bertz CT molecular complexity index is 524. The Morgan fingerprint density at radius 2 is 1.88 bits per heavy atom. The van der Waals surface area contributed by atoms with Gasteiger partial charge in [-0.15, -0.1) is 0 Å². The standard InChI is InChI=1S/C10H8ClFN4/c11-7-2-1-5(12)3-6(7)8-4-9(13)16-10(14)15-8/h1-4H,(H4,13,14,15,16). The molecule has 0 aliphatic heterocycles. The second kappa shape index (κ2) is 3.94. The highest BCUT2D eigenvalue weighted by Crippen LogP contribution is 2.28. The zero-order chi connectivity index (χ0) is 11.7. The molecule has 1 heterocycles. The van der Waals surface area contributed by atoms with Gasteiger partial charge in [-0.1, -0.05) is 11.6 Å². The molecule has 0 saturated heterocycles. The first kappa shape index (κ1) is 10.6. The summed E-state index contributed by atoms with van der Waals surface area (Å²) in [4.78, 5) is 7.66. The van der Waals surface area contributed by atoms with E-state index in [9.17, 15) is 4.39 Å². The highest BCUT2D eigenvalue weighted by Gasteiger charge is 2.08. The summed E-state index contributed by atoms with van der Waals surface area (Å²) in [6.07, 6.45) is 0. The minimum atomic E-state index is -0.407. The number of rotatable bonds is 1. The van der Waals surface area contributed by atoms with Gasteiger partial charge in [0.15, 0.2) is 0 Å². The van der Waals surface area contributed by atoms with Gasteiger partial charge in [0.05, 0.1) is 10.7 Å². The van der Waals surface area contributed by atoms with Crippen molar-refractivity contribution in [2.45, 2.75) is 0 Å². The third-order valence-corrected chi connectivity index (χ3v) is 2.30. The highest BCUT2D eigenvalue weighted by atomic mass is 35.5. The maximum Gasteiger partial charge on any atom is 0.222 e. The molecule has 16 heavy (non-hydrogen) atoms. The number of nitrogen functional groups attached to an aromatic ring is 2. The normalized spacial score (nSPS) is 10.4. The molecule has 4 nitrogen and oxygen atoms in total. The van der Waals surface area contributed by atoms with Crippen molar-refractivity contribution in [3.8, 4) is 11.3 Å². The van der Waals surface area contributed by atoms with Crippen LogP contribution in [0.25, 0.3) is 11.3 Å². The average molecular weight is 239 g/mol. The third-order valence-electron chi connectivity index (χ3n) is 1.97. The van der Waals surface area contributed by atoms with Gasteiger partial charge in [-0.3, -0.25) is 0 Å². The Balaban J connectivity index is 2.62. The molecule has 1 aromatic heterocycles. The summed E-state index contributed by atoms with van der Waals surface area (Å²) in [6, 6.07) is 5.46. The number of benzene rings is 1. The molecule has 0 radical (unpaired) electrons. The summed E-state index contributed by atoms with van der Waals surface area (Å²) in [6.45, 7) is 0. The number of hydrogen-bond acceptors (Lipinski definition) is 4. The average Bonchev–Trinajstić information content (AvgIpc) is 2.20. The summed E-state index contributed by atoms with van der Waals surface area (Å²) in [7, 11) is 0. The van der Waals surface area contributed by atoms with Crippen LogP contribution in [0.15, 0.2) is 24.3 Å². The number of anilines is 2. The van der Waals surface area contributed by atoms with Crippen LogP contribution in [-0.4, -0.2) is 9.97 Å². The second-order valence-electron chi connectivity index (χ2n) is 3.16. The Labute approximate surface area is 96.1 Å². The van der Waals surface area contributed by atoms with Gasteiger partial charge >= 0.3 is 0 Å². The minimum absolute atomic E-state index is 0.0235. The first-order chi connectivity index (χ1) is 7.56. The number of halogens is 2. The van der Waals surface area contributed by atoms with E-state index in [-0.39, 0.29) is 11.8 Å². The molecule has 0 bridgehead atoms. The van der Waals surface area contributed by atoms with E-state index in [4.69, 9.17) is 23.1 Å². The van der Waals surface area contributed by atoms with Gasteiger partial charge in [-0.05, 0) is 18.2 Å². The van der Waals surface area contributed by atoms with E-state index in [2.05, 4.69) is 9.97 Å². The lowest BCUT2D eigenvalue weighted by Gasteiger charge is -2.05. The molecule has 0 aliphatic rings. The van der Waals surface area contributed by atoms with Crippen LogP contribution in [0.5, 0.6) is 0 Å². The van der Waals surface area contributed by atoms with Crippen LogP contribution >= 0.6 is 11.6 Å². The molecule has 4 N–H and O–H groups in total. The lowest BCUT2D eigenvalue weighted by molar-refractivity contribution is 0.628. The van der Waals surface area contributed by atoms with E-state index in [0.29, 0.717) is 16.3 Å². The van der Waals surface area contributed by atoms with Crippen molar-refractivity contribution in [1.82, 2.24) is 9.97 Å². The second-order valence-corrected chi connectivity index (χ2v) is 3.57. The molecule has 82 valence electrons. The molecule has 0 amide bonds. The first-order valence-electron chi connectivity index (χ1n) is 4.42. The van der Waals surface area contributed by atoms with Crippen molar-refractivity contribution in [2.75, 3.05) is 11.5 Å². The first-order valence-corrected chi connectivity index (χ1v) is 4.79. The van der Waals surface area contributed by atoms with Gasteiger partial charge in [0.25, 0.3) is 0 Å². The molecular weight excluding hydrogens is 231 g/mol. The molecule has 1 aromatic carbocycles. The van der Waals surface area contributed by atoms with Gasteiger partial charge < -0.3 is 11.5 Å². The van der Waals surface area contributed by atoms with Crippen LogP contribution in [-0.2, 0) is 0 Å². The molecule has 2 aromatic rings. The molecular formula is C10H8ClFN4. The van der Waals surface area contributed by atoms with Gasteiger partial charge in [0.1, 0.15) is 11.6 Å². The Hall–Kier alpha value is -1.88. The van der Waals surface area contributed by atoms with E-state index < -0.39 is 5.82 Å². The molecule has 0 atom stereocenters. The summed E-state index contributed by atoms with van der Waals surface area (Å²) >= 11 is 5.93. The van der Waals surface area contributed by atoms with Crippen molar-refractivity contribution >= 4 is 23.4 Å². The number of nitrogens with zero attached hydrogens (tertiary/aromatic N) is 2. The highest BCUT2D eigenvalue weighted by molar-refractivity contribution is 6.33. The fourth-order valence-corrected chi connectivity index (χ4v) is 1.53. The molecule has 0 unspecified atom stereocenters. The van der Waals surface area contributed by atoms with Crippen LogP contribution in [0.3, 0.4) is 0 Å². The number of aromatic nitrogens is 2. The fraction of sp³-hybridized carbons (Fsp3) is 0. The maximum absolute atomic E-state index is 13.1. The van der Waals surface area contributed by atoms with Crippen LogP contribution in [0.2, 0.25) is 5.02 Å². The molecule has 0 saturated carbocycles. The quantitative estimate of drug-likeness (QED) is 0.798. The number of nitrogens with two attached hydrogens (primary N) is 2. The third kappa shape index (κ3) is 2.04. The Kier molecular flexibility index (Phi) is 2.62. The van der Waals surface area contributed by atoms with Gasteiger partial charge in [0.2, 0.25) is 5.95 Å². The Morgan fingerprint density at radius 1 is 1.12 bits per heavy atom. The number of hydrogen-bond donors (Lipinski definition) is 2. The van der Waals surface area contributed by atoms with E-state index in [0.717, 1.165) is 0 Å².